The average molecular weight is 231 g/mol. The zero-order valence-electron chi connectivity index (χ0n) is 10.4. The number of benzene rings is 1. The van der Waals surface area contributed by atoms with Gasteiger partial charge < -0.3 is 5.32 Å². The second-order valence-electron chi connectivity index (χ2n) is 4.53. The van der Waals surface area contributed by atoms with Gasteiger partial charge in [-0.3, -0.25) is 0 Å². The van der Waals surface area contributed by atoms with Gasteiger partial charge in [-0.25, -0.2) is 4.68 Å². The molecule has 0 saturated heterocycles. The van der Waals surface area contributed by atoms with Crippen LogP contribution in [0.25, 0.3) is 5.69 Å². The van der Waals surface area contributed by atoms with E-state index in [9.17, 15) is 0 Å². The molecule has 0 saturated carbocycles. The van der Waals surface area contributed by atoms with Crippen molar-refractivity contribution in [3.63, 3.8) is 0 Å². The standard InChI is InChI=1S/C12H17N5/c1-9(2)7-13-11-5-4-10(3)12(6-11)17-8-14-15-16-17/h4-6,8-9,13H,7H2,1-3H3. The molecule has 2 rings (SSSR count). The highest BCUT2D eigenvalue weighted by molar-refractivity contribution is 5.54. The third-order valence-corrected chi connectivity index (χ3v) is 2.52. The maximum atomic E-state index is 3.91. The Labute approximate surface area is 101 Å². The number of nitrogens with zero attached hydrogens (tertiary/aromatic N) is 4. The van der Waals surface area contributed by atoms with Crippen molar-refractivity contribution in [2.75, 3.05) is 11.9 Å². The van der Waals surface area contributed by atoms with Crippen molar-refractivity contribution in [1.29, 1.82) is 0 Å². The van der Waals surface area contributed by atoms with Crippen LogP contribution in [0.15, 0.2) is 24.5 Å². The molecular formula is C12H17N5. The first-order chi connectivity index (χ1) is 8.16. The molecule has 0 unspecified atom stereocenters. The highest BCUT2D eigenvalue weighted by atomic mass is 15.5. The molecule has 5 heteroatoms. The first kappa shape index (κ1) is 11.6. The fourth-order valence-corrected chi connectivity index (χ4v) is 1.56. The van der Waals surface area contributed by atoms with E-state index in [1.807, 2.05) is 6.92 Å². The molecule has 2 aromatic rings. The maximum absolute atomic E-state index is 3.91. The van der Waals surface area contributed by atoms with Crippen LogP contribution in [0, 0.1) is 12.8 Å². The zero-order chi connectivity index (χ0) is 12.3. The van der Waals surface area contributed by atoms with Crippen molar-refractivity contribution in [1.82, 2.24) is 20.2 Å². The summed E-state index contributed by atoms with van der Waals surface area (Å²) in [5, 5.41) is 14.6. The van der Waals surface area contributed by atoms with E-state index in [-0.39, 0.29) is 0 Å². The normalized spacial score (nSPS) is 10.8. The van der Waals surface area contributed by atoms with Crippen LogP contribution in [0.1, 0.15) is 19.4 Å². The van der Waals surface area contributed by atoms with Crippen LogP contribution in [0.3, 0.4) is 0 Å². The van der Waals surface area contributed by atoms with Crippen LogP contribution in [-0.2, 0) is 0 Å². The number of rotatable bonds is 4. The fraction of sp³-hybridized carbons (Fsp3) is 0.417. The summed E-state index contributed by atoms with van der Waals surface area (Å²) in [5.41, 5.74) is 3.24. The number of hydrogen-bond acceptors (Lipinski definition) is 4. The van der Waals surface area contributed by atoms with Gasteiger partial charge in [-0.15, -0.1) is 5.10 Å². The smallest absolute Gasteiger partial charge is 0.143 e. The number of aromatic nitrogens is 4. The molecule has 0 radical (unpaired) electrons. The SMILES string of the molecule is Cc1ccc(NCC(C)C)cc1-n1cnnn1. The van der Waals surface area contributed by atoms with E-state index >= 15 is 0 Å². The van der Waals surface area contributed by atoms with Crippen molar-refractivity contribution in [3.05, 3.63) is 30.1 Å². The van der Waals surface area contributed by atoms with E-state index in [1.54, 1.807) is 11.0 Å². The Balaban J connectivity index is 2.24. The number of anilines is 1. The molecule has 1 aromatic heterocycles. The molecule has 0 amide bonds. The second-order valence-corrected chi connectivity index (χ2v) is 4.53. The first-order valence-electron chi connectivity index (χ1n) is 5.74. The van der Waals surface area contributed by atoms with Gasteiger partial charge in [0, 0.05) is 12.2 Å². The summed E-state index contributed by atoms with van der Waals surface area (Å²) in [6.07, 6.45) is 1.61. The van der Waals surface area contributed by atoms with Gasteiger partial charge in [-0.1, -0.05) is 19.9 Å². The Morgan fingerprint density at radius 2 is 2.18 bits per heavy atom. The summed E-state index contributed by atoms with van der Waals surface area (Å²) < 4.78 is 1.68. The first-order valence-corrected chi connectivity index (χ1v) is 5.74. The molecule has 5 nitrogen and oxygen atoms in total. The van der Waals surface area contributed by atoms with E-state index in [4.69, 9.17) is 0 Å². The van der Waals surface area contributed by atoms with Crippen molar-refractivity contribution in [2.45, 2.75) is 20.8 Å². The van der Waals surface area contributed by atoms with Crippen LogP contribution in [0.5, 0.6) is 0 Å². The molecule has 17 heavy (non-hydrogen) atoms. The Kier molecular flexibility index (Phi) is 3.37. The molecular weight excluding hydrogens is 214 g/mol. The van der Waals surface area contributed by atoms with Crippen molar-refractivity contribution in [3.8, 4) is 5.69 Å². The zero-order valence-corrected chi connectivity index (χ0v) is 10.4. The molecule has 0 bridgehead atoms. The molecule has 0 aliphatic rings. The van der Waals surface area contributed by atoms with Gasteiger partial charge >= 0.3 is 0 Å². The van der Waals surface area contributed by atoms with Gasteiger partial charge in [0.1, 0.15) is 6.33 Å². The third-order valence-electron chi connectivity index (χ3n) is 2.52. The second kappa shape index (κ2) is 4.95. The van der Waals surface area contributed by atoms with Crippen LogP contribution in [-0.4, -0.2) is 26.8 Å². The minimum Gasteiger partial charge on any atom is -0.385 e. The Morgan fingerprint density at radius 1 is 1.35 bits per heavy atom. The summed E-state index contributed by atoms with van der Waals surface area (Å²) in [6.45, 7) is 7.37. The Morgan fingerprint density at radius 3 is 2.82 bits per heavy atom. The minimum absolute atomic E-state index is 0.618. The largest absolute Gasteiger partial charge is 0.385 e. The average Bonchev–Trinajstić information content (AvgIpc) is 2.81. The summed E-state index contributed by atoms with van der Waals surface area (Å²) in [7, 11) is 0. The van der Waals surface area contributed by atoms with Crippen LogP contribution >= 0.6 is 0 Å². The molecule has 0 atom stereocenters. The minimum atomic E-state index is 0.618. The topological polar surface area (TPSA) is 55.6 Å². The summed E-state index contributed by atoms with van der Waals surface area (Å²) in [4.78, 5) is 0. The number of tetrazole rings is 1. The van der Waals surface area contributed by atoms with Crippen molar-refractivity contribution >= 4 is 5.69 Å². The lowest BCUT2D eigenvalue weighted by molar-refractivity contribution is 0.688. The predicted molar refractivity (Wildman–Crippen MR) is 67.2 cm³/mol. The van der Waals surface area contributed by atoms with Gasteiger partial charge in [-0.2, -0.15) is 0 Å². The fourth-order valence-electron chi connectivity index (χ4n) is 1.56. The lowest BCUT2D eigenvalue weighted by atomic mass is 10.1. The number of aryl methyl sites for hydroxylation is 1. The predicted octanol–water partition coefficient (Wildman–Crippen LogP) is 2.04. The quantitative estimate of drug-likeness (QED) is 0.874. The van der Waals surface area contributed by atoms with Crippen LogP contribution < -0.4 is 5.32 Å². The van der Waals surface area contributed by atoms with Gasteiger partial charge in [0.05, 0.1) is 5.69 Å². The summed E-state index contributed by atoms with van der Waals surface area (Å²) in [6, 6.07) is 6.21. The van der Waals surface area contributed by atoms with E-state index in [1.165, 1.54) is 0 Å². The number of nitrogens with one attached hydrogen (secondary N) is 1. The van der Waals surface area contributed by atoms with Crippen molar-refractivity contribution < 1.29 is 0 Å². The van der Waals surface area contributed by atoms with E-state index in [0.717, 1.165) is 23.5 Å². The lowest BCUT2D eigenvalue weighted by Gasteiger charge is -2.11. The van der Waals surface area contributed by atoms with Crippen molar-refractivity contribution in [2.24, 2.45) is 5.92 Å². The van der Waals surface area contributed by atoms with Gasteiger partial charge in [0.25, 0.3) is 0 Å². The Hall–Kier alpha value is -1.91. The molecule has 90 valence electrons. The van der Waals surface area contributed by atoms with Crippen LogP contribution in [0.4, 0.5) is 5.69 Å². The third kappa shape index (κ3) is 2.81. The molecule has 1 aromatic carbocycles. The maximum Gasteiger partial charge on any atom is 0.143 e. The number of hydrogen-bond donors (Lipinski definition) is 1. The molecule has 1 heterocycles. The van der Waals surface area contributed by atoms with E-state index < -0.39 is 0 Å². The summed E-state index contributed by atoms with van der Waals surface area (Å²) in [5.74, 6) is 0.618. The monoisotopic (exact) mass is 231 g/mol. The highest BCUT2D eigenvalue weighted by Crippen LogP contribution is 2.18. The summed E-state index contributed by atoms with van der Waals surface area (Å²) >= 11 is 0. The van der Waals surface area contributed by atoms with Crippen LogP contribution in [0.2, 0.25) is 0 Å². The van der Waals surface area contributed by atoms with E-state index in [2.05, 4.69) is 52.9 Å². The lowest BCUT2D eigenvalue weighted by Crippen LogP contribution is -2.08. The molecule has 1 N–H and O–H groups in total. The van der Waals surface area contributed by atoms with Gasteiger partial charge in [0.15, 0.2) is 0 Å². The Bertz CT molecular complexity index is 476. The molecule has 0 spiro atoms. The molecule has 0 fully saturated rings. The van der Waals surface area contributed by atoms with Gasteiger partial charge in [-0.05, 0) is 41.0 Å². The van der Waals surface area contributed by atoms with Gasteiger partial charge in [0.2, 0.25) is 0 Å². The molecule has 0 aliphatic heterocycles. The molecule has 0 aliphatic carbocycles. The highest BCUT2D eigenvalue weighted by Gasteiger charge is 2.04. The van der Waals surface area contributed by atoms with E-state index in [0.29, 0.717) is 5.92 Å².